The molecule has 1 amide bonds. The number of imidazole rings is 1. The van der Waals surface area contributed by atoms with E-state index >= 15 is 0 Å². The summed E-state index contributed by atoms with van der Waals surface area (Å²) in [5, 5.41) is 0. The van der Waals surface area contributed by atoms with E-state index in [0.29, 0.717) is 6.54 Å². The lowest BCUT2D eigenvalue weighted by molar-refractivity contribution is -0.122. The standard InChI is InChI=1S/C21H21N3O/c1-4-24-18-12-15(10-11-16(18)21(2,3)20(24)25)19-22-13-17(23-19)14-8-6-5-7-9-14/h5-13H,4H2,1-3H3,(H,22,23). The highest BCUT2D eigenvalue weighted by molar-refractivity contribution is 6.08. The van der Waals surface area contributed by atoms with Crippen molar-refractivity contribution >= 4 is 11.6 Å². The van der Waals surface area contributed by atoms with Crippen LogP contribution >= 0.6 is 0 Å². The van der Waals surface area contributed by atoms with E-state index in [9.17, 15) is 4.79 Å². The quantitative estimate of drug-likeness (QED) is 0.774. The molecule has 3 aromatic rings. The van der Waals surface area contributed by atoms with E-state index in [1.54, 1.807) is 0 Å². The monoisotopic (exact) mass is 331 g/mol. The van der Waals surface area contributed by atoms with Gasteiger partial charge in [0.25, 0.3) is 0 Å². The first-order chi connectivity index (χ1) is 12.0. The molecule has 2 aromatic carbocycles. The van der Waals surface area contributed by atoms with E-state index < -0.39 is 5.41 Å². The largest absolute Gasteiger partial charge is 0.344 e. The molecule has 4 rings (SSSR count). The Labute approximate surface area is 147 Å². The van der Waals surface area contributed by atoms with Crippen LogP contribution < -0.4 is 4.90 Å². The number of benzene rings is 2. The number of fused-ring (bicyclic) bond motifs is 1. The van der Waals surface area contributed by atoms with Crippen LogP contribution in [-0.4, -0.2) is 22.4 Å². The van der Waals surface area contributed by atoms with Crippen molar-refractivity contribution in [1.82, 2.24) is 9.97 Å². The topological polar surface area (TPSA) is 49.0 Å². The Morgan fingerprint density at radius 3 is 2.56 bits per heavy atom. The van der Waals surface area contributed by atoms with Crippen LogP contribution in [0.4, 0.5) is 5.69 Å². The lowest BCUT2D eigenvalue weighted by atomic mass is 9.86. The van der Waals surface area contributed by atoms with Crippen LogP contribution in [-0.2, 0) is 10.2 Å². The molecule has 4 nitrogen and oxygen atoms in total. The van der Waals surface area contributed by atoms with Crippen LogP contribution in [0.1, 0.15) is 26.3 Å². The van der Waals surface area contributed by atoms with Gasteiger partial charge in [-0.05, 0) is 32.4 Å². The highest BCUT2D eigenvalue weighted by Gasteiger charge is 2.43. The van der Waals surface area contributed by atoms with Crippen LogP contribution in [0.5, 0.6) is 0 Å². The fraction of sp³-hybridized carbons (Fsp3) is 0.238. The number of amides is 1. The van der Waals surface area contributed by atoms with Crippen LogP contribution in [0.25, 0.3) is 22.6 Å². The number of aromatic nitrogens is 2. The van der Waals surface area contributed by atoms with Gasteiger partial charge in [-0.1, -0.05) is 42.5 Å². The van der Waals surface area contributed by atoms with E-state index in [1.165, 1.54) is 0 Å². The van der Waals surface area contributed by atoms with Gasteiger partial charge in [-0.15, -0.1) is 0 Å². The highest BCUT2D eigenvalue weighted by Crippen LogP contribution is 2.43. The summed E-state index contributed by atoms with van der Waals surface area (Å²) in [6, 6.07) is 16.3. The SMILES string of the molecule is CCN1C(=O)C(C)(C)c2ccc(-c3nc(-c4ccccc4)c[nH]3)cc21. The molecule has 0 saturated carbocycles. The molecule has 25 heavy (non-hydrogen) atoms. The Hall–Kier alpha value is -2.88. The molecule has 0 aliphatic carbocycles. The summed E-state index contributed by atoms with van der Waals surface area (Å²) >= 11 is 0. The summed E-state index contributed by atoms with van der Waals surface area (Å²) in [6.45, 7) is 6.66. The summed E-state index contributed by atoms with van der Waals surface area (Å²) in [7, 11) is 0. The summed E-state index contributed by atoms with van der Waals surface area (Å²) < 4.78 is 0. The second-order valence-electron chi connectivity index (χ2n) is 6.91. The molecule has 1 N–H and O–H groups in total. The minimum atomic E-state index is -0.470. The second-order valence-corrected chi connectivity index (χ2v) is 6.91. The van der Waals surface area contributed by atoms with Gasteiger partial charge in [-0.2, -0.15) is 0 Å². The van der Waals surface area contributed by atoms with Gasteiger partial charge >= 0.3 is 0 Å². The first-order valence-electron chi connectivity index (χ1n) is 8.60. The van der Waals surface area contributed by atoms with Crippen molar-refractivity contribution in [3.8, 4) is 22.6 Å². The normalized spacial score (nSPS) is 15.5. The average Bonchev–Trinajstić information content (AvgIpc) is 3.19. The molecule has 2 heterocycles. The van der Waals surface area contributed by atoms with Gasteiger partial charge < -0.3 is 9.88 Å². The molecule has 0 bridgehead atoms. The first kappa shape index (κ1) is 15.6. The number of likely N-dealkylation sites (N-methyl/N-ethyl adjacent to an activating group) is 1. The van der Waals surface area contributed by atoms with E-state index in [-0.39, 0.29) is 5.91 Å². The molecule has 126 valence electrons. The number of nitrogens with zero attached hydrogens (tertiary/aromatic N) is 2. The van der Waals surface area contributed by atoms with Crippen molar-refractivity contribution in [1.29, 1.82) is 0 Å². The Morgan fingerprint density at radius 2 is 1.84 bits per heavy atom. The molecule has 0 saturated heterocycles. The van der Waals surface area contributed by atoms with Gasteiger partial charge in [0.1, 0.15) is 5.82 Å². The molecular formula is C21H21N3O. The number of aromatic amines is 1. The molecular weight excluding hydrogens is 310 g/mol. The van der Waals surface area contributed by atoms with Crippen LogP contribution in [0.15, 0.2) is 54.7 Å². The molecule has 0 radical (unpaired) electrons. The van der Waals surface area contributed by atoms with Crippen molar-refractivity contribution in [3.63, 3.8) is 0 Å². The number of nitrogens with one attached hydrogen (secondary N) is 1. The molecule has 1 aliphatic heterocycles. The Kier molecular flexibility index (Phi) is 3.49. The van der Waals surface area contributed by atoms with Gasteiger partial charge in [0.05, 0.1) is 11.1 Å². The smallest absolute Gasteiger partial charge is 0.237 e. The van der Waals surface area contributed by atoms with Gasteiger partial charge in [-0.25, -0.2) is 4.98 Å². The summed E-state index contributed by atoms with van der Waals surface area (Å²) in [5.41, 5.74) is 4.59. The summed E-state index contributed by atoms with van der Waals surface area (Å²) in [6.07, 6.45) is 1.92. The van der Waals surface area contributed by atoms with E-state index in [1.807, 2.05) is 68.3 Å². The molecule has 0 spiro atoms. The number of carbonyl (C=O) groups excluding carboxylic acids is 1. The average molecular weight is 331 g/mol. The molecule has 4 heteroatoms. The third-order valence-electron chi connectivity index (χ3n) is 4.98. The zero-order valence-electron chi connectivity index (χ0n) is 14.7. The van der Waals surface area contributed by atoms with E-state index in [2.05, 4.69) is 17.1 Å². The minimum Gasteiger partial charge on any atom is -0.344 e. The lowest BCUT2D eigenvalue weighted by Gasteiger charge is -2.18. The molecule has 0 unspecified atom stereocenters. The number of carbonyl (C=O) groups is 1. The predicted octanol–water partition coefficient (Wildman–Crippen LogP) is 4.39. The Balaban J connectivity index is 1.76. The van der Waals surface area contributed by atoms with Crippen molar-refractivity contribution < 1.29 is 4.79 Å². The second kappa shape index (κ2) is 5.59. The van der Waals surface area contributed by atoms with Gasteiger partial charge in [0.2, 0.25) is 5.91 Å². The number of anilines is 1. The minimum absolute atomic E-state index is 0.159. The maximum absolute atomic E-state index is 12.7. The van der Waals surface area contributed by atoms with Gasteiger partial charge in [0.15, 0.2) is 0 Å². The third kappa shape index (κ3) is 2.37. The number of hydrogen-bond donors (Lipinski definition) is 1. The van der Waals surface area contributed by atoms with Crippen LogP contribution in [0.3, 0.4) is 0 Å². The van der Waals surface area contributed by atoms with Gasteiger partial charge in [0, 0.05) is 29.6 Å². The van der Waals surface area contributed by atoms with Crippen molar-refractivity contribution in [2.75, 3.05) is 11.4 Å². The number of H-pyrrole nitrogens is 1. The van der Waals surface area contributed by atoms with Crippen molar-refractivity contribution in [2.45, 2.75) is 26.2 Å². The molecule has 1 aliphatic rings. The fourth-order valence-electron chi connectivity index (χ4n) is 3.53. The van der Waals surface area contributed by atoms with Crippen molar-refractivity contribution in [2.24, 2.45) is 0 Å². The van der Waals surface area contributed by atoms with Crippen LogP contribution in [0, 0.1) is 0 Å². The fourth-order valence-corrected chi connectivity index (χ4v) is 3.53. The Bertz CT molecular complexity index is 941. The van der Waals surface area contributed by atoms with E-state index in [0.717, 1.165) is 33.9 Å². The maximum Gasteiger partial charge on any atom is 0.237 e. The molecule has 1 aromatic heterocycles. The molecule has 0 atom stereocenters. The summed E-state index contributed by atoms with van der Waals surface area (Å²) in [5.74, 6) is 0.974. The first-order valence-corrected chi connectivity index (χ1v) is 8.60. The van der Waals surface area contributed by atoms with E-state index in [4.69, 9.17) is 4.98 Å². The number of hydrogen-bond acceptors (Lipinski definition) is 2. The molecule has 0 fully saturated rings. The predicted molar refractivity (Wildman–Crippen MR) is 101 cm³/mol. The van der Waals surface area contributed by atoms with Crippen LogP contribution in [0.2, 0.25) is 0 Å². The highest BCUT2D eigenvalue weighted by atomic mass is 16.2. The number of rotatable bonds is 3. The van der Waals surface area contributed by atoms with Crippen molar-refractivity contribution in [3.05, 3.63) is 60.3 Å². The zero-order valence-corrected chi connectivity index (χ0v) is 14.7. The Morgan fingerprint density at radius 1 is 1.08 bits per heavy atom. The zero-order chi connectivity index (χ0) is 17.6. The van der Waals surface area contributed by atoms with Gasteiger partial charge in [-0.3, -0.25) is 4.79 Å². The summed E-state index contributed by atoms with van der Waals surface area (Å²) in [4.78, 5) is 22.5. The lowest BCUT2D eigenvalue weighted by Crippen LogP contribution is -2.35. The third-order valence-corrected chi connectivity index (χ3v) is 4.98. The maximum atomic E-state index is 12.7.